The average molecular weight is 317 g/mol. The van der Waals surface area contributed by atoms with Crippen molar-refractivity contribution in [2.75, 3.05) is 6.54 Å². The zero-order valence-electron chi connectivity index (χ0n) is 13.4. The molecule has 0 saturated carbocycles. The molecule has 120 valence electrons. The van der Waals surface area contributed by atoms with Crippen LogP contribution in [-0.4, -0.2) is 33.4 Å². The first-order chi connectivity index (χ1) is 11.8. The maximum absolute atomic E-state index is 13.2. The van der Waals surface area contributed by atoms with Crippen LogP contribution in [0.15, 0.2) is 48.8 Å². The first kappa shape index (κ1) is 13.8. The van der Waals surface area contributed by atoms with E-state index in [9.17, 15) is 4.79 Å². The Morgan fingerprint density at radius 2 is 2.12 bits per heavy atom. The van der Waals surface area contributed by atoms with Crippen LogP contribution in [0.4, 0.5) is 0 Å². The summed E-state index contributed by atoms with van der Waals surface area (Å²) in [5.74, 6) is 0.642. The summed E-state index contributed by atoms with van der Waals surface area (Å²) >= 11 is 0. The third-order valence-corrected chi connectivity index (χ3v) is 5.59. The van der Waals surface area contributed by atoms with Crippen LogP contribution in [-0.2, 0) is 6.42 Å². The minimum atomic E-state index is 0.147. The summed E-state index contributed by atoms with van der Waals surface area (Å²) in [5, 5.41) is 0. The quantitative estimate of drug-likeness (QED) is 0.746. The lowest BCUT2D eigenvalue weighted by molar-refractivity contribution is 0.0595. The Morgan fingerprint density at radius 1 is 1.21 bits per heavy atom. The van der Waals surface area contributed by atoms with Crippen molar-refractivity contribution in [3.8, 4) is 0 Å². The zero-order valence-corrected chi connectivity index (χ0v) is 13.4. The van der Waals surface area contributed by atoms with Gasteiger partial charge in [-0.25, -0.2) is 4.98 Å². The van der Waals surface area contributed by atoms with Gasteiger partial charge in [-0.05, 0) is 48.6 Å². The fourth-order valence-electron chi connectivity index (χ4n) is 4.47. The Morgan fingerprint density at radius 3 is 3.08 bits per heavy atom. The van der Waals surface area contributed by atoms with E-state index in [1.807, 2.05) is 18.2 Å². The molecule has 2 unspecified atom stereocenters. The molecule has 5 rings (SSSR count). The fourth-order valence-corrected chi connectivity index (χ4v) is 4.47. The molecule has 2 heterocycles. The molecule has 3 aromatic rings. The standard InChI is InChI=1S/C20H19N3O/c24-20(14-7-8-17-18(10-14)22-12-21-17)23-9-3-6-16-15-5-2-1-4-13(15)11-19(16)23/h1-2,4-5,7-8,10,12,16,19H,3,6,9,11H2,(H,21,22). The second-order valence-electron chi connectivity index (χ2n) is 6.85. The number of amides is 1. The number of imidazole rings is 1. The SMILES string of the molecule is O=C(c1ccc2nc[nH]c2c1)N1CCCC2c3ccccc3CC21. The van der Waals surface area contributed by atoms with E-state index in [1.165, 1.54) is 17.5 Å². The van der Waals surface area contributed by atoms with Gasteiger partial charge in [0.15, 0.2) is 0 Å². The van der Waals surface area contributed by atoms with Crippen molar-refractivity contribution in [1.29, 1.82) is 0 Å². The van der Waals surface area contributed by atoms with Gasteiger partial charge in [-0.2, -0.15) is 0 Å². The molecule has 1 N–H and O–H groups in total. The predicted molar refractivity (Wildman–Crippen MR) is 93.0 cm³/mol. The molecule has 0 bridgehead atoms. The Labute approximate surface area is 140 Å². The number of carbonyl (C=O) groups excluding carboxylic acids is 1. The topological polar surface area (TPSA) is 49.0 Å². The minimum absolute atomic E-state index is 0.147. The molecule has 2 aromatic carbocycles. The number of carbonyl (C=O) groups is 1. The normalized spacial score (nSPS) is 22.4. The number of aromatic amines is 1. The van der Waals surface area contributed by atoms with Gasteiger partial charge in [0.1, 0.15) is 0 Å². The van der Waals surface area contributed by atoms with Crippen LogP contribution in [0.1, 0.15) is 40.2 Å². The van der Waals surface area contributed by atoms with E-state index >= 15 is 0 Å². The predicted octanol–water partition coefficient (Wildman–Crippen LogP) is 3.51. The van der Waals surface area contributed by atoms with Gasteiger partial charge < -0.3 is 9.88 Å². The highest BCUT2D eigenvalue weighted by molar-refractivity contribution is 5.97. The molecule has 1 aromatic heterocycles. The lowest BCUT2D eigenvalue weighted by atomic mass is 9.88. The summed E-state index contributed by atoms with van der Waals surface area (Å²) in [5.41, 5.74) is 5.43. The largest absolute Gasteiger partial charge is 0.345 e. The Balaban J connectivity index is 1.49. The number of rotatable bonds is 1. The molecule has 4 nitrogen and oxygen atoms in total. The maximum atomic E-state index is 13.2. The van der Waals surface area contributed by atoms with Gasteiger partial charge in [0.25, 0.3) is 5.91 Å². The summed E-state index contributed by atoms with van der Waals surface area (Å²) in [7, 11) is 0. The van der Waals surface area contributed by atoms with E-state index in [0.29, 0.717) is 12.0 Å². The van der Waals surface area contributed by atoms with E-state index in [1.54, 1.807) is 6.33 Å². The molecule has 24 heavy (non-hydrogen) atoms. The van der Waals surface area contributed by atoms with Crippen LogP contribution >= 0.6 is 0 Å². The van der Waals surface area contributed by atoms with Gasteiger partial charge in [-0.1, -0.05) is 24.3 Å². The van der Waals surface area contributed by atoms with Gasteiger partial charge >= 0.3 is 0 Å². The van der Waals surface area contributed by atoms with Gasteiger partial charge in [0, 0.05) is 24.1 Å². The zero-order chi connectivity index (χ0) is 16.1. The number of likely N-dealkylation sites (tertiary alicyclic amines) is 1. The molecule has 2 aliphatic rings. The molecule has 1 fully saturated rings. The van der Waals surface area contributed by atoms with Crippen LogP contribution in [0.25, 0.3) is 11.0 Å². The first-order valence-electron chi connectivity index (χ1n) is 8.63. The van der Waals surface area contributed by atoms with Crippen LogP contribution in [0.3, 0.4) is 0 Å². The molecule has 4 heteroatoms. The molecular weight excluding hydrogens is 298 g/mol. The Bertz CT molecular complexity index is 929. The van der Waals surface area contributed by atoms with Crippen molar-refractivity contribution in [2.45, 2.75) is 31.2 Å². The molecular formula is C20H19N3O. The number of hydrogen-bond donors (Lipinski definition) is 1. The monoisotopic (exact) mass is 317 g/mol. The van der Waals surface area contributed by atoms with Crippen LogP contribution < -0.4 is 0 Å². The number of benzene rings is 2. The van der Waals surface area contributed by atoms with Crippen molar-refractivity contribution in [3.63, 3.8) is 0 Å². The van der Waals surface area contributed by atoms with E-state index in [-0.39, 0.29) is 5.91 Å². The van der Waals surface area contributed by atoms with Gasteiger partial charge in [0.05, 0.1) is 17.4 Å². The second-order valence-corrected chi connectivity index (χ2v) is 6.85. The molecule has 1 saturated heterocycles. The maximum Gasteiger partial charge on any atom is 0.254 e. The third-order valence-electron chi connectivity index (χ3n) is 5.59. The van der Waals surface area contributed by atoms with E-state index in [4.69, 9.17) is 0 Å². The average Bonchev–Trinajstić information content (AvgIpc) is 3.24. The van der Waals surface area contributed by atoms with Gasteiger partial charge in [0.2, 0.25) is 0 Å². The Kier molecular flexibility index (Phi) is 2.98. The fraction of sp³-hybridized carbons (Fsp3) is 0.300. The van der Waals surface area contributed by atoms with Crippen LogP contribution in [0.2, 0.25) is 0 Å². The highest BCUT2D eigenvalue weighted by Crippen LogP contribution is 2.42. The molecule has 1 amide bonds. The molecule has 0 radical (unpaired) electrons. The van der Waals surface area contributed by atoms with Crippen molar-refractivity contribution >= 4 is 16.9 Å². The summed E-state index contributed by atoms with van der Waals surface area (Å²) in [6, 6.07) is 14.7. The number of hydrogen-bond acceptors (Lipinski definition) is 2. The van der Waals surface area contributed by atoms with E-state index < -0.39 is 0 Å². The number of H-pyrrole nitrogens is 1. The highest BCUT2D eigenvalue weighted by Gasteiger charge is 2.40. The molecule has 1 aliphatic carbocycles. The number of nitrogens with zero attached hydrogens (tertiary/aromatic N) is 2. The number of nitrogens with one attached hydrogen (secondary N) is 1. The lowest BCUT2D eigenvalue weighted by Crippen LogP contribution is -2.46. The van der Waals surface area contributed by atoms with Crippen LogP contribution in [0.5, 0.6) is 0 Å². The third kappa shape index (κ3) is 1.99. The number of aromatic nitrogens is 2. The van der Waals surface area contributed by atoms with Crippen molar-refractivity contribution in [3.05, 3.63) is 65.5 Å². The summed E-state index contributed by atoms with van der Waals surface area (Å²) in [4.78, 5) is 22.6. The van der Waals surface area contributed by atoms with Crippen molar-refractivity contribution < 1.29 is 4.79 Å². The van der Waals surface area contributed by atoms with E-state index in [0.717, 1.165) is 36.0 Å². The molecule has 0 spiro atoms. The first-order valence-corrected chi connectivity index (χ1v) is 8.63. The summed E-state index contributed by atoms with van der Waals surface area (Å²) in [6.45, 7) is 0.856. The Hall–Kier alpha value is -2.62. The lowest BCUT2D eigenvalue weighted by Gasteiger charge is -2.38. The summed E-state index contributed by atoms with van der Waals surface area (Å²) < 4.78 is 0. The van der Waals surface area contributed by atoms with Gasteiger partial charge in [-0.15, -0.1) is 0 Å². The molecule has 1 aliphatic heterocycles. The highest BCUT2D eigenvalue weighted by atomic mass is 16.2. The van der Waals surface area contributed by atoms with Crippen molar-refractivity contribution in [2.24, 2.45) is 0 Å². The second kappa shape index (κ2) is 5.20. The van der Waals surface area contributed by atoms with Gasteiger partial charge in [-0.3, -0.25) is 4.79 Å². The number of piperidine rings is 1. The van der Waals surface area contributed by atoms with Crippen molar-refractivity contribution in [1.82, 2.24) is 14.9 Å². The minimum Gasteiger partial charge on any atom is -0.345 e. The summed E-state index contributed by atoms with van der Waals surface area (Å²) in [6.07, 6.45) is 4.92. The van der Waals surface area contributed by atoms with E-state index in [2.05, 4.69) is 39.1 Å². The number of fused-ring (bicyclic) bond motifs is 4. The van der Waals surface area contributed by atoms with Crippen LogP contribution in [0, 0.1) is 0 Å². The smallest absolute Gasteiger partial charge is 0.254 e. The molecule has 2 atom stereocenters.